The lowest BCUT2D eigenvalue weighted by atomic mass is 9.73. The fourth-order valence-corrected chi connectivity index (χ4v) is 3.65. The fourth-order valence-electron chi connectivity index (χ4n) is 3.65. The molecule has 1 saturated heterocycles. The van der Waals surface area contributed by atoms with Crippen molar-refractivity contribution in [2.75, 3.05) is 39.9 Å². The molecule has 0 radical (unpaired) electrons. The first kappa shape index (κ1) is 19.0. The summed E-state index contributed by atoms with van der Waals surface area (Å²) in [5, 5.41) is 3.46. The maximum absolute atomic E-state index is 5.10. The highest BCUT2D eigenvalue weighted by Gasteiger charge is 2.39. The Labute approximate surface area is 147 Å². The third kappa shape index (κ3) is 5.58. The van der Waals surface area contributed by atoms with Crippen molar-refractivity contribution < 1.29 is 4.74 Å². The SMILES string of the molecule is CCNC(=NCCCOC)N1CCC2(CCCCC2)C1.I. The second-order valence-electron chi connectivity index (χ2n) is 6.31. The molecule has 5 heteroatoms. The van der Waals surface area contributed by atoms with Gasteiger partial charge in [0, 0.05) is 39.9 Å². The van der Waals surface area contributed by atoms with E-state index in [1.165, 1.54) is 51.6 Å². The standard InChI is InChI=1S/C16H31N3O.HI/c1-3-17-15(18-11-7-13-20-2)19-12-10-16(14-19)8-5-4-6-9-16;/h3-14H2,1-2H3,(H,17,18);1H. The monoisotopic (exact) mass is 409 g/mol. The second kappa shape index (κ2) is 9.87. The Bertz CT molecular complexity index is 317. The van der Waals surface area contributed by atoms with E-state index in [0.717, 1.165) is 32.1 Å². The molecule has 21 heavy (non-hydrogen) atoms. The third-order valence-corrected chi connectivity index (χ3v) is 4.76. The summed E-state index contributed by atoms with van der Waals surface area (Å²) < 4.78 is 5.10. The van der Waals surface area contributed by atoms with Crippen molar-refractivity contribution in [3.05, 3.63) is 0 Å². The molecule has 0 aromatic carbocycles. The van der Waals surface area contributed by atoms with E-state index in [1.807, 2.05) is 0 Å². The molecule has 0 aromatic rings. The molecule has 0 amide bonds. The van der Waals surface area contributed by atoms with Crippen LogP contribution in [-0.4, -0.2) is 50.8 Å². The lowest BCUT2D eigenvalue weighted by Gasteiger charge is -2.33. The van der Waals surface area contributed by atoms with Crippen LogP contribution in [0.2, 0.25) is 0 Å². The van der Waals surface area contributed by atoms with Crippen LogP contribution in [0.3, 0.4) is 0 Å². The van der Waals surface area contributed by atoms with E-state index in [2.05, 4.69) is 17.1 Å². The molecule has 1 heterocycles. The van der Waals surface area contributed by atoms with Gasteiger partial charge in [0.05, 0.1) is 0 Å². The maximum Gasteiger partial charge on any atom is 0.193 e. The van der Waals surface area contributed by atoms with Crippen molar-refractivity contribution in [3.8, 4) is 0 Å². The molecule has 1 aliphatic carbocycles. The predicted molar refractivity (Wildman–Crippen MR) is 99.6 cm³/mol. The van der Waals surface area contributed by atoms with Crippen LogP contribution in [0.1, 0.15) is 51.9 Å². The van der Waals surface area contributed by atoms with Crippen LogP contribution in [0.5, 0.6) is 0 Å². The second-order valence-corrected chi connectivity index (χ2v) is 6.31. The van der Waals surface area contributed by atoms with E-state index in [0.29, 0.717) is 5.41 Å². The number of halogens is 1. The Balaban J connectivity index is 0.00000220. The average molecular weight is 409 g/mol. The molecular formula is C16H32IN3O. The summed E-state index contributed by atoms with van der Waals surface area (Å²) in [4.78, 5) is 7.25. The zero-order chi connectivity index (χ0) is 14.3. The lowest BCUT2D eigenvalue weighted by Crippen LogP contribution is -2.41. The number of methoxy groups -OCH3 is 1. The first-order chi connectivity index (χ1) is 9.79. The number of hydrogen-bond donors (Lipinski definition) is 1. The van der Waals surface area contributed by atoms with Gasteiger partial charge in [-0.3, -0.25) is 4.99 Å². The van der Waals surface area contributed by atoms with Gasteiger partial charge in [0.25, 0.3) is 0 Å². The zero-order valence-electron chi connectivity index (χ0n) is 13.7. The van der Waals surface area contributed by atoms with Crippen molar-refractivity contribution >= 4 is 29.9 Å². The highest BCUT2D eigenvalue weighted by Crippen LogP contribution is 2.43. The minimum atomic E-state index is 0. The number of hydrogen-bond acceptors (Lipinski definition) is 2. The molecule has 0 aromatic heterocycles. The van der Waals surface area contributed by atoms with E-state index in [4.69, 9.17) is 9.73 Å². The van der Waals surface area contributed by atoms with Gasteiger partial charge in [0.1, 0.15) is 0 Å². The summed E-state index contributed by atoms with van der Waals surface area (Å²) in [5.41, 5.74) is 0.598. The fraction of sp³-hybridized carbons (Fsp3) is 0.938. The minimum absolute atomic E-state index is 0. The van der Waals surface area contributed by atoms with Crippen molar-refractivity contribution in [2.24, 2.45) is 10.4 Å². The van der Waals surface area contributed by atoms with E-state index < -0.39 is 0 Å². The van der Waals surface area contributed by atoms with E-state index >= 15 is 0 Å². The van der Waals surface area contributed by atoms with Gasteiger partial charge in [-0.2, -0.15) is 0 Å². The highest BCUT2D eigenvalue weighted by molar-refractivity contribution is 14.0. The van der Waals surface area contributed by atoms with Crippen LogP contribution in [0.4, 0.5) is 0 Å². The molecule has 0 bridgehead atoms. The summed E-state index contributed by atoms with van der Waals surface area (Å²) in [6.07, 6.45) is 9.50. The van der Waals surface area contributed by atoms with E-state index in [1.54, 1.807) is 7.11 Å². The number of aliphatic imine (C=N–C) groups is 1. The first-order valence-electron chi connectivity index (χ1n) is 8.32. The number of likely N-dealkylation sites (tertiary alicyclic amines) is 1. The summed E-state index contributed by atoms with van der Waals surface area (Å²) >= 11 is 0. The smallest absolute Gasteiger partial charge is 0.193 e. The topological polar surface area (TPSA) is 36.9 Å². The number of nitrogens with one attached hydrogen (secondary N) is 1. The molecule has 0 unspecified atom stereocenters. The molecule has 1 N–H and O–H groups in total. The molecule has 1 aliphatic heterocycles. The molecule has 2 aliphatic rings. The average Bonchev–Trinajstić information content (AvgIpc) is 2.87. The number of ether oxygens (including phenoxy) is 1. The molecule has 2 rings (SSSR count). The molecule has 1 saturated carbocycles. The van der Waals surface area contributed by atoms with Gasteiger partial charge in [-0.1, -0.05) is 19.3 Å². The van der Waals surface area contributed by atoms with Crippen molar-refractivity contribution in [3.63, 3.8) is 0 Å². The van der Waals surface area contributed by atoms with Crippen LogP contribution in [0.25, 0.3) is 0 Å². The van der Waals surface area contributed by atoms with Gasteiger partial charge in [0.15, 0.2) is 5.96 Å². The summed E-state index contributed by atoms with van der Waals surface area (Å²) in [5.74, 6) is 1.12. The van der Waals surface area contributed by atoms with Crippen LogP contribution < -0.4 is 5.32 Å². The van der Waals surface area contributed by atoms with E-state index in [9.17, 15) is 0 Å². The Morgan fingerprint density at radius 3 is 2.67 bits per heavy atom. The van der Waals surface area contributed by atoms with Crippen molar-refractivity contribution in [1.82, 2.24) is 10.2 Å². The molecule has 2 fully saturated rings. The van der Waals surface area contributed by atoms with Gasteiger partial charge in [-0.15, -0.1) is 24.0 Å². The molecule has 124 valence electrons. The van der Waals surface area contributed by atoms with Gasteiger partial charge < -0.3 is 15.0 Å². The molecule has 4 nitrogen and oxygen atoms in total. The highest BCUT2D eigenvalue weighted by atomic mass is 127. The van der Waals surface area contributed by atoms with Crippen LogP contribution in [-0.2, 0) is 4.74 Å². The number of guanidine groups is 1. The Hall–Kier alpha value is -0.0400. The minimum Gasteiger partial charge on any atom is -0.385 e. The zero-order valence-corrected chi connectivity index (χ0v) is 16.0. The van der Waals surface area contributed by atoms with Gasteiger partial charge in [0.2, 0.25) is 0 Å². The van der Waals surface area contributed by atoms with Crippen LogP contribution in [0, 0.1) is 5.41 Å². The van der Waals surface area contributed by atoms with Gasteiger partial charge >= 0.3 is 0 Å². The summed E-state index contributed by atoms with van der Waals surface area (Å²) in [6, 6.07) is 0. The Kier molecular flexibility index (Phi) is 8.94. The maximum atomic E-state index is 5.10. The predicted octanol–water partition coefficient (Wildman–Crippen LogP) is 3.26. The normalized spacial score (nSPS) is 21.4. The summed E-state index contributed by atoms with van der Waals surface area (Å²) in [6.45, 7) is 7.15. The Morgan fingerprint density at radius 1 is 1.24 bits per heavy atom. The molecular weight excluding hydrogens is 377 g/mol. The molecule has 0 atom stereocenters. The first-order valence-corrected chi connectivity index (χ1v) is 8.32. The van der Waals surface area contributed by atoms with Gasteiger partial charge in [-0.05, 0) is 38.0 Å². The number of rotatable bonds is 5. The quantitative estimate of drug-likeness (QED) is 0.328. The molecule has 1 spiro atoms. The Morgan fingerprint density at radius 2 is 2.00 bits per heavy atom. The largest absolute Gasteiger partial charge is 0.385 e. The van der Waals surface area contributed by atoms with Crippen molar-refractivity contribution in [2.45, 2.75) is 51.9 Å². The van der Waals surface area contributed by atoms with E-state index in [-0.39, 0.29) is 24.0 Å². The third-order valence-electron chi connectivity index (χ3n) is 4.76. The van der Waals surface area contributed by atoms with Crippen LogP contribution in [0.15, 0.2) is 4.99 Å². The summed E-state index contributed by atoms with van der Waals surface area (Å²) in [7, 11) is 1.75. The van der Waals surface area contributed by atoms with Crippen molar-refractivity contribution in [1.29, 1.82) is 0 Å². The van der Waals surface area contributed by atoms with Crippen LogP contribution >= 0.6 is 24.0 Å². The number of nitrogens with zero attached hydrogens (tertiary/aromatic N) is 2. The van der Waals surface area contributed by atoms with Gasteiger partial charge in [-0.25, -0.2) is 0 Å². The lowest BCUT2D eigenvalue weighted by molar-refractivity contribution is 0.196.